The fourth-order valence-electron chi connectivity index (χ4n) is 2.17. The van der Waals surface area contributed by atoms with Crippen LogP contribution >= 0.6 is 11.6 Å². The highest BCUT2D eigenvalue weighted by molar-refractivity contribution is 7.91. The lowest BCUT2D eigenvalue weighted by atomic mass is 10.3. The molecule has 1 heterocycles. The minimum Gasteiger partial charge on any atom is -0.384 e. The highest BCUT2D eigenvalue weighted by Gasteiger charge is 2.18. The zero-order valence-corrected chi connectivity index (χ0v) is 12.4. The molecule has 106 valence electrons. The Morgan fingerprint density at radius 1 is 1.26 bits per heavy atom. The van der Waals surface area contributed by atoms with Crippen LogP contribution in [-0.2, 0) is 9.84 Å². The maximum absolute atomic E-state index is 11.5. The number of nitrogens with one attached hydrogen (secondary N) is 1. The number of hydrogen-bond donors (Lipinski definition) is 1. The number of benzene rings is 1. The smallest absolute Gasteiger partial charge is 0.151 e. The van der Waals surface area contributed by atoms with Crippen molar-refractivity contribution in [2.45, 2.75) is 6.42 Å². The summed E-state index contributed by atoms with van der Waals surface area (Å²) >= 11 is 5.91. The number of nitrogens with zero attached hydrogens (tertiary/aromatic N) is 1. The Labute approximate surface area is 119 Å². The van der Waals surface area contributed by atoms with Gasteiger partial charge in [-0.1, -0.05) is 17.7 Å². The topological polar surface area (TPSA) is 49.4 Å². The summed E-state index contributed by atoms with van der Waals surface area (Å²) in [5.74, 6) is 0.607. The minimum absolute atomic E-state index is 0.282. The van der Waals surface area contributed by atoms with E-state index in [0.717, 1.165) is 31.7 Å². The van der Waals surface area contributed by atoms with Crippen LogP contribution in [0.3, 0.4) is 0 Å². The van der Waals surface area contributed by atoms with Gasteiger partial charge < -0.3 is 10.2 Å². The molecule has 1 saturated heterocycles. The van der Waals surface area contributed by atoms with Crippen molar-refractivity contribution in [1.82, 2.24) is 4.90 Å². The number of rotatable bonds is 4. The molecule has 1 fully saturated rings. The number of anilines is 1. The van der Waals surface area contributed by atoms with Crippen LogP contribution in [0, 0.1) is 0 Å². The first-order chi connectivity index (χ1) is 9.05. The van der Waals surface area contributed by atoms with E-state index in [1.54, 1.807) is 0 Å². The van der Waals surface area contributed by atoms with Crippen molar-refractivity contribution in [3.8, 4) is 0 Å². The fourth-order valence-corrected chi connectivity index (χ4v) is 3.67. The van der Waals surface area contributed by atoms with Crippen molar-refractivity contribution < 1.29 is 8.42 Å². The first-order valence-corrected chi connectivity index (χ1v) is 8.67. The minimum atomic E-state index is -2.81. The van der Waals surface area contributed by atoms with Gasteiger partial charge in [0.25, 0.3) is 0 Å². The second kappa shape index (κ2) is 6.59. The van der Waals surface area contributed by atoms with Crippen molar-refractivity contribution in [3.05, 3.63) is 29.3 Å². The summed E-state index contributed by atoms with van der Waals surface area (Å²) in [6.07, 6.45) is 0.736. The maximum atomic E-state index is 11.5. The van der Waals surface area contributed by atoms with Crippen LogP contribution in [0.2, 0.25) is 5.02 Å². The maximum Gasteiger partial charge on any atom is 0.151 e. The quantitative estimate of drug-likeness (QED) is 0.922. The van der Waals surface area contributed by atoms with Crippen LogP contribution in [0.4, 0.5) is 5.69 Å². The fraction of sp³-hybridized carbons (Fsp3) is 0.538. The summed E-state index contributed by atoms with van der Waals surface area (Å²) in [5, 5.41) is 4.01. The van der Waals surface area contributed by atoms with Crippen molar-refractivity contribution in [2.75, 3.05) is 43.0 Å². The second-order valence-corrected chi connectivity index (χ2v) is 7.52. The molecule has 1 aliphatic rings. The van der Waals surface area contributed by atoms with Crippen LogP contribution < -0.4 is 5.32 Å². The van der Waals surface area contributed by atoms with E-state index in [1.165, 1.54) is 0 Å². The summed E-state index contributed by atoms with van der Waals surface area (Å²) in [7, 11) is -2.81. The van der Waals surface area contributed by atoms with Gasteiger partial charge in [-0.15, -0.1) is 0 Å². The van der Waals surface area contributed by atoms with Crippen molar-refractivity contribution in [3.63, 3.8) is 0 Å². The number of hydrogen-bond acceptors (Lipinski definition) is 4. The molecule has 0 aliphatic carbocycles. The second-order valence-electron chi connectivity index (χ2n) is 4.78. The van der Waals surface area contributed by atoms with Gasteiger partial charge in [-0.25, -0.2) is 8.42 Å². The molecule has 1 aromatic rings. The Hall–Kier alpha value is -0.780. The molecular formula is C13H19ClN2O2S. The normalized spacial score (nSPS) is 19.8. The van der Waals surface area contributed by atoms with Crippen LogP contribution in [0.25, 0.3) is 0 Å². The molecule has 1 aromatic carbocycles. The Morgan fingerprint density at radius 3 is 2.89 bits per heavy atom. The molecule has 0 amide bonds. The van der Waals surface area contributed by atoms with Crippen LogP contribution in [0.1, 0.15) is 6.42 Å². The lowest BCUT2D eigenvalue weighted by Crippen LogP contribution is -2.31. The van der Waals surface area contributed by atoms with E-state index in [4.69, 9.17) is 11.6 Å². The molecule has 6 heteroatoms. The monoisotopic (exact) mass is 302 g/mol. The molecule has 4 nitrogen and oxygen atoms in total. The van der Waals surface area contributed by atoms with Gasteiger partial charge in [0.15, 0.2) is 9.84 Å². The Bertz CT molecular complexity index is 519. The first-order valence-electron chi connectivity index (χ1n) is 6.47. The average molecular weight is 303 g/mol. The lowest BCUT2D eigenvalue weighted by Gasteiger charge is -2.19. The van der Waals surface area contributed by atoms with Crippen molar-refractivity contribution >= 4 is 27.1 Å². The van der Waals surface area contributed by atoms with Gasteiger partial charge in [0.05, 0.1) is 11.5 Å². The van der Waals surface area contributed by atoms with E-state index >= 15 is 0 Å². The summed E-state index contributed by atoms with van der Waals surface area (Å²) in [6, 6.07) is 7.60. The predicted octanol–water partition coefficient (Wildman–Crippen LogP) is 1.87. The molecule has 1 N–H and O–H groups in total. The van der Waals surface area contributed by atoms with E-state index in [1.807, 2.05) is 24.3 Å². The van der Waals surface area contributed by atoms with Gasteiger partial charge in [0.2, 0.25) is 0 Å². The zero-order chi connectivity index (χ0) is 13.7. The van der Waals surface area contributed by atoms with E-state index in [9.17, 15) is 8.42 Å². The largest absolute Gasteiger partial charge is 0.384 e. The summed E-state index contributed by atoms with van der Waals surface area (Å²) < 4.78 is 23.0. The van der Waals surface area contributed by atoms with Crippen LogP contribution in [0.5, 0.6) is 0 Å². The number of sulfone groups is 1. The molecule has 1 aliphatic heterocycles. The third kappa shape index (κ3) is 5.01. The zero-order valence-electron chi connectivity index (χ0n) is 10.8. The Kier molecular flexibility index (Phi) is 5.07. The SMILES string of the molecule is O=S1(=O)CCCN(CCNc2cccc(Cl)c2)CC1. The third-order valence-electron chi connectivity index (χ3n) is 3.23. The van der Waals surface area contributed by atoms with E-state index in [-0.39, 0.29) is 5.75 Å². The molecule has 0 unspecified atom stereocenters. The molecular weight excluding hydrogens is 284 g/mol. The first kappa shape index (κ1) is 14.6. The molecule has 2 rings (SSSR count). The van der Waals surface area contributed by atoms with E-state index in [0.29, 0.717) is 17.3 Å². The standard InChI is InChI=1S/C13H19ClN2O2S/c14-12-3-1-4-13(11-12)15-5-7-16-6-2-9-19(17,18)10-8-16/h1,3-4,11,15H,2,5-10H2. The predicted molar refractivity (Wildman–Crippen MR) is 79.7 cm³/mol. The molecule has 0 atom stereocenters. The van der Waals surface area contributed by atoms with Gasteiger partial charge in [0.1, 0.15) is 0 Å². The van der Waals surface area contributed by atoms with E-state index < -0.39 is 9.84 Å². The summed E-state index contributed by atoms with van der Waals surface area (Å²) in [5.41, 5.74) is 0.995. The molecule has 19 heavy (non-hydrogen) atoms. The van der Waals surface area contributed by atoms with Gasteiger partial charge >= 0.3 is 0 Å². The third-order valence-corrected chi connectivity index (χ3v) is 5.18. The average Bonchev–Trinajstić information content (AvgIpc) is 2.51. The number of halogens is 1. The van der Waals surface area contributed by atoms with Gasteiger partial charge in [-0.2, -0.15) is 0 Å². The van der Waals surface area contributed by atoms with Crippen molar-refractivity contribution in [1.29, 1.82) is 0 Å². The molecule has 0 radical (unpaired) electrons. The Morgan fingerprint density at radius 2 is 2.11 bits per heavy atom. The molecule has 0 bridgehead atoms. The van der Waals surface area contributed by atoms with Gasteiger partial charge in [-0.3, -0.25) is 0 Å². The highest BCUT2D eigenvalue weighted by atomic mass is 35.5. The van der Waals surface area contributed by atoms with Gasteiger partial charge in [-0.05, 0) is 31.2 Å². The molecule has 0 aromatic heterocycles. The summed E-state index contributed by atoms with van der Waals surface area (Å²) in [4.78, 5) is 2.20. The molecule has 0 saturated carbocycles. The van der Waals surface area contributed by atoms with Crippen molar-refractivity contribution in [2.24, 2.45) is 0 Å². The van der Waals surface area contributed by atoms with Crippen LogP contribution in [-0.4, -0.2) is 51.0 Å². The van der Waals surface area contributed by atoms with E-state index in [2.05, 4.69) is 10.2 Å². The lowest BCUT2D eigenvalue weighted by molar-refractivity contribution is 0.307. The molecule has 0 spiro atoms. The summed E-state index contributed by atoms with van der Waals surface area (Å²) in [6.45, 7) is 3.14. The van der Waals surface area contributed by atoms with Gasteiger partial charge in [0, 0.05) is 30.3 Å². The van der Waals surface area contributed by atoms with Crippen LogP contribution in [0.15, 0.2) is 24.3 Å². The highest BCUT2D eigenvalue weighted by Crippen LogP contribution is 2.14. The Balaban J connectivity index is 1.77.